The largest absolute Gasteiger partial charge is 0.450 e. The summed E-state index contributed by atoms with van der Waals surface area (Å²) in [5.74, 6) is 0. The molecule has 0 atom stereocenters. The van der Waals surface area contributed by atoms with Gasteiger partial charge in [0, 0.05) is 6.04 Å². The van der Waals surface area contributed by atoms with Gasteiger partial charge in [0.05, 0.1) is 6.61 Å². The van der Waals surface area contributed by atoms with Crippen molar-refractivity contribution in [2.24, 2.45) is 0 Å². The molecule has 1 fully saturated rings. The summed E-state index contributed by atoms with van der Waals surface area (Å²) in [6.07, 6.45) is 4.09. The van der Waals surface area contributed by atoms with Crippen LogP contribution in [0, 0.1) is 0 Å². The molecule has 0 aromatic heterocycles. The van der Waals surface area contributed by atoms with Crippen LogP contribution in [0.2, 0.25) is 0 Å². The lowest BCUT2D eigenvalue weighted by Crippen LogP contribution is -2.39. The Bertz CT molecular complexity index is 133. The molecule has 1 amide bonds. The Morgan fingerprint density at radius 1 is 1.46 bits per heavy atom. The minimum Gasteiger partial charge on any atom is -0.450 e. The molecule has 0 heterocycles. The third-order valence-electron chi connectivity index (χ3n) is 1.86. The van der Waals surface area contributed by atoms with Crippen molar-refractivity contribution in [2.45, 2.75) is 52.5 Å². The van der Waals surface area contributed by atoms with Crippen LogP contribution in [0.25, 0.3) is 0 Å². The molecule has 0 saturated heterocycles. The van der Waals surface area contributed by atoms with Crippen LogP contribution in [0.4, 0.5) is 4.79 Å². The molecule has 1 saturated carbocycles. The van der Waals surface area contributed by atoms with E-state index >= 15 is 0 Å². The first-order chi connectivity index (χ1) is 6.33. The maximum atomic E-state index is 10.9. The zero-order valence-electron chi connectivity index (χ0n) is 8.93. The second-order valence-electron chi connectivity index (χ2n) is 2.91. The van der Waals surface area contributed by atoms with E-state index in [9.17, 15) is 4.79 Å². The second kappa shape index (κ2) is 7.90. The quantitative estimate of drug-likeness (QED) is 0.737. The molecule has 0 bridgehead atoms. The Labute approximate surface area is 80.8 Å². The molecular weight excluding hydrogens is 166 g/mol. The molecule has 0 aromatic rings. The smallest absolute Gasteiger partial charge is 0.407 e. The highest BCUT2D eigenvalue weighted by atomic mass is 16.5. The molecule has 0 radical (unpaired) electrons. The molecule has 78 valence electrons. The molecule has 0 aromatic carbocycles. The lowest BCUT2D eigenvalue weighted by Gasteiger charge is -2.25. The number of carbonyl (C=O) groups is 1. The molecule has 3 heteroatoms. The maximum Gasteiger partial charge on any atom is 0.407 e. The third-order valence-corrected chi connectivity index (χ3v) is 1.86. The molecular formula is C10H21NO2. The zero-order valence-corrected chi connectivity index (χ0v) is 8.93. The summed E-state index contributed by atoms with van der Waals surface area (Å²) in [5.41, 5.74) is 0. The van der Waals surface area contributed by atoms with Gasteiger partial charge in [0.2, 0.25) is 0 Å². The van der Waals surface area contributed by atoms with Crippen molar-refractivity contribution in [3.63, 3.8) is 0 Å². The van der Waals surface area contributed by atoms with Gasteiger partial charge in [-0.05, 0) is 25.7 Å². The number of hydrogen-bond acceptors (Lipinski definition) is 2. The van der Waals surface area contributed by atoms with Crippen molar-refractivity contribution in [3.05, 3.63) is 0 Å². The number of rotatable bonds is 3. The van der Waals surface area contributed by atoms with Crippen molar-refractivity contribution in [2.75, 3.05) is 6.61 Å². The van der Waals surface area contributed by atoms with Gasteiger partial charge in [-0.25, -0.2) is 4.79 Å². The second-order valence-corrected chi connectivity index (χ2v) is 2.91. The summed E-state index contributed by atoms with van der Waals surface area (Å²) in [4.78, 5) is 10.9. The SMILES string of the molecule is CC.CCCOC(=O)NC1CCC1. The van der Waals surface area contributed by atoms with Crippen LogP contribution >= 0.6 is 0 Å². The summed E-state index contributed by atoms with van der Waals surface area (Å²) in [5, 5.41) is 2.79. The van der Waals surface area contributed by atoms with E-state index in [1.165, 1.54) is 6.42 Å². The van der Waals surface area contributed by atoms with E-state index in [-0.39, 0.29) is 6.09 Å². The Morgan fingerprint density at radius 3 is 2.46 bits per heavy atom. The summed E-state index contributed by atoms with van der Waals surface area (Å²) >= 11 is 0. The topological polar surface area (TPSA) is 38.3 Å². The van der Waals surface area contributed by atoms with Crippen LogP contribution in [-0.4, -0.2) is 18.7 Å². The minimum atomic E-state index is -0.253. The molecule has 1 rings (SSSR count). The number of alkyl carbamates (subject to hydrolysis) is 1. The van der Waals surface area contributed by atoms with Crippen molar-refractivity contribution in [3.8, 4) is 0 Å². The lowest BCUT2D eigenvalue weighted by molar-refractivity contribution is 0.136. The molecule has 1 aliphatic carbocycles. The predicted molar refractivity (Wildman–Crippen MR) is 53.8 cm³/mol. The highest BCUT2D eigenvalue weighted by Gasteiger charge is 2.19. The van der Waals surface area contributed by atoms with Crippen molar-refractivity contribution in [1.29, 1.82) is 0 Å². The Morgan fingerprint density at radius 2 is 2.08 bits per heavy atom. The zero-order chi connectivity index (χ0) is 10.1. The van der Waals surface area contributed by atoms with Crippen molar-refractivity contribution in [1.82, 2.24) is 5.32 Å². The van der Waals surface area contributed by atoms with Crippen LogP contribution in [0.1, 0.15) is 46.5 Å². The van der Waals surface area contributed by atoms with Crippen LogP contribution < -0.4 is 5.32 Å². The van der Waals surface area contributed by atoms with E-state index in [1.807, 2.05) is 20.8 Å². The lowest BCUT2D eigenvalue weighted by atomic mass is 9.93. The monoisotopic (exact) mass is 187 g/mol. The molecule has 3 nitrogen and oxygen atoms in total. The summed E-state index contributed by atoms with van der Waals surface area (Å²) in [6, 6.07) is 0.388. The van der Waals surface area contributed by atoms with E-state index in [0.717, 1.165) is 19.3 Å². The standard InChI is InChI=1S/C8H15NO2.C2H6/c1-2-6-11-8(10)9-7-4-3-5-7;1-2/h7H,2-6H2,1H3,(H,9,10);1-2H3. The van der Waals surface area contributed by atoms with Gasteiger partial charge in [-0.2, -0.15) is 0 Å². The summed E-state index contributed by atoms with van der Waals surface area (Å²) < 4.78 is 4.85. The Hall–Kier alpha value is -0.730. The van der Waals surface area contributed by atoms with E-state index in [2.05, 4.69) is 5.32 Å². The number of ether oxygens (including phenoxy) is 1. The van der Waals surface area contributed by atoms with Gasteiger partial charge in [-0.15, -0.1) is 0 Å². The molecule has 1 aliphatic rings. The van der Waals surface area contributed by atoms with Gasteiger partial charge in [0.15, 0.2) is 0 Å². The van der Waals surface area contributed by atoms with E-state index in [1.54, 1.807) is 0 Å². The Kier molecular flexibility index (Phi) is 7.45. The number of carbonyl (C=O) groups excluding carboxylic acids is 1. The third kappa shape index (κ3) is 5.50. The fraction of sp³-hybridized carbons (Fsp3) is 0.900. The predicted octanol–water partition coefficient (Wildman–Crippen LogP) is 2.70. The first kappa shape index (κ1) is 12.3. The minimum absolute atomic E-state index is 0.253. The van der Waals surface area contributed by atoms with E-state index in [0.29, 0.717) is 12.6 Å². The van der Waals surface area contributed by atoms with Crippen molar-refractivity contribution >= 4 is 6.09 Å². The molecule has 13 heavy (non-hydrogen) atoms. The van der Waals surface area contributed by atoms with Crippen molar-refractivity contribution < 1.29 is 9.53 Å². The molecule has 1 N–H and O–H groups in total. The van der Waals surface area contributed by atoms with Gasteiger partial charge >= 0.3 is 6.09 Å². The molecule has 0 unspecified atom stereocenters. The van der Waals surface area contributed by atoms with Gasteiger partial charge in [0.25, 0.3) is 0 Å². The van der Waals surface area contributed by atoms with Crippen LogP contribution in [0.5, 0.6) is 0 Å². The highest BCUT2D eigenvalue weighted by Crippen LogP contribution is 2.17. The van der Waals surface area contributed by atoms with Gasteiger partial charge in [-0.1, -0.05) is 20.8 Å². The van der Waals surface area contributed by atoms with Crippen LogP contribution in [-0.2, 0) is 4.74 Å². The number of amides is 1. The summed E-state index contributed by atoms with van der Waals surface area (Å²) in [6.45, 7) is 6.51. The maximum absolute atomic E-state index is 10.9. The van der Waals surface area contributed by atoms with E-state index < -0.39 is 0 Å². The fourth-order valence-corrected chi connectivity index (χ4v) is 0.956. The van der Waals surface area contributed by atoms with Gasteiger partial charge in [-0.3, -0.25) is 0 Å². The first-order valence-corrected chi connectivity index (χ1v) is 5.26. The fourth-order valence-electron chi connectivity index (χ4n) is 0.956. The Balaban J connectivity index is 0.000000671. The molecule has 0 spiro atoms. The average molecular weight is 187 g/mol. The normalized spacial score (nSPS) is 15.0. The van der Waals surface area contributed by atoms with Gasteiger partial charge < -0.3 is 10.1 Å². The van der Waals surface area contributed by atoms with Crippen LogP contribution in [0.15, 0.2) is 0 Å². The average Bonchev–Trinajstić information content (AvgIpc) is 2.11. The van der Waals surface area contributed by atoms with E-state index in [4.69, 9.17) is 4.74 Å². The number of hydrogen-bond donors (Lipinski definition) is 1. The van der Waals surface area contributed by atoms with Gasteiger partial charge in [0.1, 0.15) is 0 Å². The number of nitrogens with one attached hydrogen (secondary N) is 1. The summed E-state index contributed by atoms with van der Waals surface area (Å²) in [7, 11) is 0. The first-order valence-electron chi connectivity index (χ1n) is 5.26. The highest BCUT2D eigenvalue weighted by molar-refractivity contribution is 5.67. The van der Waals surface area contributed by atoms with Crippen LogP contribution in [0.3, 0.4) is 0 Å². The molecule has 0 aliphatic heterocycles.